The molecule has 0 aromatic carbocycles. The van der Waals surface area contributed by atoms with Crippen molar-refractivity contribution in [2.75, 3.05) is 6.61 Å². The van der Waals surface area contributed by atoms with Crippen molar-refractivity contribution in [1.29, 1.82) is 0 Å². The van der Waals surface area contributed by atoms with E-state index in [-0.39, 0.29) is 0 Å². The quantitative estimate of drug-likeness (QED) is 0.829. The first kappa shape index (κ1) is 14.5. The summed E-state index contributed by atoms with van der Waals surface area (Å²) in [4.78, 5) is 5.97. The predicted octanol–water partition coefficient (Wildman–Crippen LogP) is 3.85. The lowest BCUT2D eigenvalue weighted by Crippen LogP contribution is -2.26. The monoisotopic (exact) mass is 294 g/mol. The maximum atomic E-state index is 5.68. The van der Waals surface area contributed by atoms with Crippen LogP contribution in [0.4, 0.5) is 0 Å². The lowest BCUT2D eigenvalue weighted by Gasteiger charge is -2.22. The Kier molecular flexibility index (Phi) is 5.08. The van der Waals surface area contributed by atoms with E-state index in [1.165, 1.54) is 54.8 Å². The minimum atomic E-state index is 0.521. The maximum absolute atomic E-state index is 5.68. The Bertz CT molecular complexity index is 410. The Morgan fingerprint density at radius 3 is 3.00 bits per heavy atom. The highest BCUT2D eigenvalue weighted by Crippen LogP contribution is 2.38. The van der Waals surface area contributed by atoms with E-state index in [9.17, 15) is 0 Å². The molecule has 0 spiro atoms. The zero-order valence-corrected chi connectivity index (χ0v) is 13.3. The third-order valence-corrected chi connectivity index (χ3v) is 5.76. The van der Waals surface area contributed by atoms with Gasteiger partial charge in [0.2, 0.25) is 0 Å². The molecule has 1 aromatic rings. The van der Waals surface area contributed by atoms with Crippen molar-refractivity contribution in [3.63, 3.8) is 0 Å². The normalized spacial score (nSPS) is 24.8. The fourth-order valence-corrected chi connectivity index (χ4v) is 3.97. The average molecular weight is 294 g/mol. The molecule has 2 aliphatic rings. The summed E-state index contributed by atoms with van der Waals surface area (Å²) in [6, 6.07) is 0.563. The maximum Gasteiger partial charge on any atom is 0.0959 e. The third kappa shape index (κ3) is 3.80. The second-order valence-electron chi connectivity index (χ2n) is 6.29. The van der Waals surface area contributed by atoms with Gasteiger partial charge in [-0.15, -0.1) is 11.3 Å². The number of ether oxygens (including phenoxy) is 1. The highest BCUT2D eigenvalue weighted by molar-refractivity contribution is 7.11. The molecule has 20 heavy (non-hydrogen) atoms. The van der Waals surface area contributed by atoms with Crippen LogP contribution < -0.4 is 5.32 Å². The van der Waals surface area contributed by atoms with Gasteiger partial charge < -0.3 is 10.1 Å². The highest BCUT2D eigenvalue weighted by atomic mass is 32.1. The number of nitrogens with one attached hydrogen (secondary N) is 1. The number of nitrogens with zero attached hydrogens (tertiary/aromatic N) is 1. The van der Waals surface area contributed by atoms with Crippen molar-refractivity contribution >= 4 is 11.3 Å². The van der Waals surface area contributed by atoms with Crippen LogP contribution in [0.3, 0.4) is 0 Å². The second kappa shape index (κ2) is 7.01. The van der Waals surface area contributed by atoms with Gasteiger partial charge in [-0.05, 0) is 45.4 Å². The molecule has 1 aliphatic carbocycles. The zero-order valence-electron chi connectivity index (χ0n) is 12.4. The fraction of sp³-hybridized carbons (Fsp3) is 0.812. The van der Waals surface area contributed by atoms with E-state index in [1.807, 2.05) is 11.3 Å². The van der Waals surface area contributed by atoms with Crippen LogP contribution >= 0.6 is 11.3 Å². The number of thiazole rings is 1. The topological polar surface area (TPSA) is 34.1 Å². The average Bonchev–Trinajstić information content (AvgIpc) is 3.03. The fourth-order valence-electron chi connectivity index (χ4n) is 2.93. The molecular formula is C16H26N2OS. The lowest BCUT2D eigenvalue weighted by atomic mass is 9.86. The molecule has 112 valence electrons. The van der Waals surface area contributed by atoms with Gasteiger partial charge in [0.05, 0.1) is 11.1 Å². The molecule has 1 saturated carbocycles. The smallest absolute Gasteiger partial charge is 0.0959 e. The molecule has 0 radical (unpaired) electrons. The number of hydrogen-bond acceptors (Lipinski definition) is 4. The van der Waals surface area contributed by atoms with Crippen LogP contribution in [-0.4, -0.2) is 23.7 Å². The Balaban J connectivity index is 1.36. The molecule has 0 amide bonds. The van der Waals surface area contributed by atoms with Crippen LogP contribution in [0.15, 0.2) is 6.20 Å². The van der Waals surface area contributed by atoms with Crippen LogP contribution in [0.5, 0.6) is 0 Å². The summed E-state index contributed by atoms with van der Waals surface area (Å²) in [5, 5.41) is 4.99. The van der Waals surface area contributed by atoms with Gasteiger partial charge in [0.25, 0.3) is 0 Å². The third-order valence-electron chi connectivity index (χ3n) is 4.60. The molecule has 1 N–H and O–H groups in total. The minimum absolute atomic E-state index is 0.521. The molecule has 1 aliphatic heterocycles. The number of aromatic nitrogens is 1. The van der Waals surface area contributed by atoms with E-state index in [0.717, 1.165) is 19.1 Å². The summed E-state index contributed by atoms with van der Waals surface area (Å²) < 4.78 is 5.68. The van der Waals surface area contributed by atoms with Crippen molar-refractivity contribution in [1.82, 2.24) is 10.3 Å². The summed E-state index contributed by atoms with van der Waals surface area (Å²) in [6.07, 6.45) is 11.6. The Morgan fingerprint density at radius 1 is 1.40 bits per heavy atom. The molecule has 2 heterocycles. The summed E-state index contributed by atoms with van der Waals surface area (Å²) in [5.74, 6) is 0.769. The van der Waals surface area contributed by atoms with Crippen molar-refractivity contribution < 1.29 is 4.74 Å². The summed E-state index contributed by atoms with van der Waals surface area (Å²) in [5.41, 5.74) is 0. The molecule has 2 atom stereocenters. The van der Waals surface area contributed by atoms with Crippen molar-refractivity contribution in [2.45, 2.75) is 76.5 Å². The van der Waals surface area contributed by atoms with Crippen LogP contribution in [0.2, 0.25) is 0 Å². The van der Waals surface area contributed by atoms with Crippen LogP contribution in [0.25, 0.3) is 0 Å². The molecule has 1 saturated heterocycles. The van der Waals surface area contributed by atoms with Gasteiger partial charge in [0.15, 0.2) is 0 Å². The van der Waals surface area contributed by atoms with E-state index >= 15 is 0 Å². The van der Waals surface area contributed by atoms with Gasteiger partial charge in [0.1, 0.15) is 0 Å². The second-order valence-corrected chi connectivity index (χ2v) is 7.43. The van der Waals surface area contributed by atoms with E-state index < -0.39 is 0 Å². The van der Waals surface area contributed by atoms with Crippen LogP contribution in [0, 0.1) is 0 Å². The van der Waals surface area contributed by atoms with E-state index in [2.05, 4.69) is 23.4 Å². The number of rotatable bonds is 7. The molecule has 0 bridgehead atoms. The highest BCUT2D eigenvalue weighted by Gasteiger charge is 2.22. The largest absolute Gasteiger partial charge is 0.378 e. The molecule has 2 fully saturated rings. The van der Waals surface area contributed by atoms with Gasteiger partial charge in [-0.1, -0.05) is 6.42 Å². The molecule has 0 unspecified atom stereocenters. The van der Waals surface area contributed by atoms with Crippen molar-refractivity contribution in [2.24, 2.45) is 0 Å². The van der Waals surface area contributed by atoms with E-state index in [1.54, 1.807) is 0 Å². The van der Waals surface area contributed by atoms with Crippen molar-refractivity contribution in [3.8, 4) is 0 Å². The summed E-state index contributed by atoms with van der Waals surface area (Å²) >= 11 is 1.90. The predicted molar refractivity (Wildman–Crippen MR) is 83.2 cm³/mol. The van der Waals surface area contributed by atoms with Gasteiger partial charge in [-0.2, -0.15) is 0 Å². The summed E-state index contributed by atoms with van der Waals surface area (Å²) in [6.45, 7) is 4.22. The number of hydrogen-bond donors (Lipinski definition) is 1. The summed E-state index contributed by atoms with van der Waals surface area (Å²) in [7, 11) is 0. The first-order valence-electron chi connectivity index (χ1n) is 8.11. The molecule has 4 heteroatoms. The minimum Gasteiger partial charge on any atom is -0.378 e. The SMILES string of the molecule is C[C@H](CC[C@H]1CCCO1)NCc1cnc(C2CCC2)s1. The first-order chi connectivity index (χ1) is 9.81. The van der Waals surface area contributed by atoms with Gasteiger partial charge in [0, 0.05) is 36.2 Å². The molecule has 3 rings (SSSR count). The molecule has 3 nitrogen and oxygen atoms in total. The van der Waals surface area contributed by atoms with Crippen LogP contribution in [-0.2, 0) is 11.3 Å². The van der Waals surface area contributed by atoms with Gasteiger partial charge in [-0.3, -0.25) is 0 Å². The standard InChI is InChI=1S/C16H26N2OS/c1-12(7-8-14-6-3-9-19-14)17-10-15-11-18-16(20-15)13-4-2-5-13/h11-14,17H,2-10H2,1H3/t12-,14-/m1/s1. The Hall–Kier alpha value is -0.450. The molecular weight excluding hydrogens is 268 g/mol. The van der Waals surface area contributed by atoms with Gasteiger partial charge in [-0.25, -0.2) is 4.98 Å². The van der Waals surface area contributed by atoms with Crippen LogP contribution in [0.1, 0.15) is 67.7 Å². The lowest BCUT2D eigenvalue weighted by molar-refractivity contribution is 0.100. The Labute approximate surface area is 126 Å². The molecule has 1 aromatic heterocycles. The van der Waals surface area contributed by atoms with E-state index in [0.29, 0.717) is 12.1 Å². The Morgan fingerprint density at radius 2 is 2.30 bits per heavy atom. The van der Waals surface area contributed by atoms with Crippen molar-refractivity contribution in [3.05, 3.63) is 16.1 Å². The van der Waals surface area contributed by atoms with E-state index in [4.69, 9.17) is 4.74 Å². The first-order valence-corrected chi connectivity index (χ1v) is 8.92. The van der Waals surface area contributed by atoms with Gasteiger partial charge >= 0.3 is 0 Å². The zero-order chi connectivity index (χ0) is 13.8.